The molecule has 0 spiro atoms. The van der Waals surface area contributed by atoms with E-state index in [1.807, 2.05) is 42.5 Å². The molecule has 1 atom stereocenters. The topological polar surface area (TPSA) is 39.0 Å². The predicted molar refractivity (Wildman–Crippen MR) is 60.1 cm³/mol. The zero-order valence-electron chi connectivity index (χ0n) is 9.09. The van der Waals surface area contributed by atoms with Gasteiger partial charge in [0.2, 0.25) is 0 Å². The molecule has 1 aliphatic heterocycles. The number of para-hydroxylation sites is 2. The molecule has 2 heterocycles. The summed E-state index contributed by atoms with van der Waals surface area (Å²) in [5.41, 5.74) is 3.04. The molecule has 1 aromatic heterocycles. The quantitative estimate of drug-likeness (QED) is 0.718. The van der Waals surface area contributed by atoms with E-state index in [9.17, 15) is 0 Å². The van der Waals surface area contributed by atoms with Gasteiger partial charge in [0, 0.05) is 17.6 Å². The van der Waals surface area contributed by atoms with E-state index in [-0.39, 0.29) is 57.6 Å². The Morgan fingerprint density at radius 2 is 1.88 bits per heavy atom. The molecule has 74 valence electrons. The molecule has 0 fully saturated rings. The van der Waals surface area contributed by atoms with Crippen molar-refractivity contribution >= 4 is 11.4 Å². The van der Waals surface area contributed by atoms with Gasteiger partial charge >= 0.3 is 51.4 Å². The molecule has 0 radical (unpaired) electrons. The van der Waals surface area contributed by atoms with Gasteiger partial charge in [-0.25, -0.2) is 0 Å². The fourth-order valence-electron chi connectivity index (χ4n) is 1.70. The summed E-state index contributed by atoms with van der Waals surface area (Å²) < 4.78 is 0. The Morgan fingerprint density at radius 1 is 1.06 bits per heavy atom. The number of anilines is 1. The molecule has 0 saturated heterocycles. The second-order valence-corrected chi connectivity index (χ2v) is 3.45. The first-order valence-electron chi connectivity index (χ1n) is 4.91. The van der Waals surface area contributed by atoms with Crippen molar-refractivity contribution in [1.29, 1.82) is 0 Å². The number of nitrogens with one attached hydrogen (secondary N) is 1. The summed E-state index contributed by atoms with van der Waals surface area (Å²) in [6.07, 6.45) is 1.75. The first-order valence-corrected chi connectivity index (χ1v) is 4.91. The van der Waals surface area contributed by atoms with Crippen LogP contribution in [-0.4, -0.2) is 4.98 Å². The fraction of sp³-hybridized carbons (Fsp3) is 0.0833. The maximum atomic E-state index is 4.55. The molecule has 0 bridgehead atoms. The molecule has 2 aromatic rings. The summed E-state index contributed by atoms with van der Waals surface area (Å²) >= 11 is 0. The van der Waals surface area contributed by atoms with Gasteiger partial charge in [-0.15, -0.1) is 5.69 Å². The maximum absolute atomic E-state index is 4.55. The minimum Gasteiger partial charge on any atom is -0.659 e. The fourth-order valence-corrected chi connectivity index (χ4v) is 1.70. The number of hydrogen-bond donors (Lipinski definition) is 1. The molecule has 0 saturated carbocycles. The minimum atomic E-state index is -0.0383. The first-order chi connectivity index (χ1) is 7.43. The first kappa shape index (κ1) is 12.1. The van der Waals surface area contributed by atoms with Gasteiger partial charge in [0.1, 0.15) is 0 Å². The van der Waals surface area contributed by atoms with Gasteiger partial charge in [-0.1, -0.05) is 24.3 Å². The second kappa shape index (κ2) is 5.29. The largest absolute Gasteiger partial charge is 1.00 e. The molecule has 1 aliphatic rings. The predicted octanol–water partition coefficient (Wildman–Crippen LogP) is 0.215. The van der Waals surface area contributed by atoms with Gasteiger partial charge in [0.15, 0.2) is 0 Å². The Bertz CT molecular complexity index is 448. The minimum absolute atomic E-state index is 0. The van der Waals surface area contributed by atoms with E-state index >= 15 is 0 Å². The molecule has 0 aliphatic carbocycles. The second-order valence-electron chi connectivity index (χ2n) is 3.45. The molecular weight excluding hydrogens is 225 g/mol. The van der Waals surface area contributed by atoms with Crippen molar-refractivity contribution in [2.24, 2.45) is 0 Å². The van der Waals surface area contributed by atoms with Gasteiger partial charge in [-0.2, -0.15) is 0 Å². The van der Waals surface area contributed by atoms with Crippen LogP contribution >= 0.6 is 0 Å². The zero-order chi connectivity index (χ0) is 10.1. The van der Waals surface area contributed by atoms with Gasteiger partial charge in [-0.05, 0) is 24.4 Å². The van der Waals surface area contributed by atoms with Gasteiger partial charge in [-0.3, -0.25) is 4.98 Å². The van der Waals surface area contributed by atoms with E-state index in [4.69, 9.17) is 0 Å². The molecule has 16 heavy (non-hydrogen) atoms. The van der Waals surface area contributed by atoms with Crippen molar-refractivity contribution in [3.05, 3.63) is 59.7 Å². The van der Waals surface area contributed by atoms with Crippen LogP contribution in [0.1, 0.15) is 11.9 Å². The molecule has 1 N–H and O–H groups in total. The molecule has 1 unspecified atom stereocenters. The number of rotatable bonds is 1. The van der Waals surface area contributed by atoms with Crippen LogP contribution in [0.3, 0.4) is 0 Å². The van der Waals surface area contributed by atoms with E-state index < -0.39 is 0 Å². The normalized spacial score (nSPS) is 16.6. The number of aromatic nitrogens is 1. The van der Waals surface area contributed by atoms with Crippen LogP contribution in [0, 0.1) is 0 Å². The van der Waals surface area contributed by atoms with Crippen molar-refractivity contribution in [1.82, 2.24) is 4.98 Å². The SMILES string of the molecule is [K+].c1ccc(C2[N-]c3ccccc3N2)nc1. The van der Waals surface area contributed by atoms with Crippen LogP contribution in [0.2, 0.25) is 0 Å². The number of pyridine rings is 1. The van der Waals surface area contributed by atoms with Gasteiger partial charge in [0.25, 0.3) is 0 Å². The van der Waals surface area contributed by atoms with Crippen LogP contribution in [0.15, 0.2) is 48.7 Å². The van der Waals surface area contributed by atoms with Gasteiger partial charge in [0.05, 0.1) is 0 Å². The van der Waals surface area contributed by atoms with Crippen molar-refractivity contribution < 1.29 is 51.4 Å². The summed E-state index contributed by atoms with van der Waals surface area (Å²) in [7, 11) is 0. The summed E-state index contributed by atoms with van der Waals surface area (Å²) in [5, 5.41) is 7.87. The summed E-state index contributed by atoms with van der Waals surface area (Å²) in [6.45, 7) is 0. The van der Waals surface area contributed by atoms with Crippen LogP contribution < -0.4 is 56.7 Å². The van der Waals surface area contributed by atoms with Crippen molar-refractivity contribution in [3.8, 4) is 0 Å². The Hall–Kier alpha value is -0.394. The molecular formula is C12H10KN3. The molecule has 1 aromatic carbocycles. The third kappa shape index (κ3) is 2.31. The molecule has 0 amide bonds. The van der Waals surface area contributed by atoms with Crippen LogP contribution in [0.4, 0.5) is 11.4 Å². The average Bonchev–Trinajstić information content (AvgIpc) is 2.74. The van der Waals surface area contributed by atoms with Crippen molar-refractivity contribution in [2.45, 2.75) is 6.17 Å². The Kier molecular flexibility index (Phi) is 3.99. The summed E-state index contributed by atoms with van der Waals surface area (Å²) in [6, 6.07) is 13.9. The maximum Gasteiger partial charge on any atom is 1.00 e. The molecule has 4 heteroatoms. The third-order valence-electron chi connectivity index (χ3n) is 2.43. The number of fused-ring (bicyclic) bond motifs is 1. The summed E-state index contributed by atoms with van der Waals surface area (Å²) in [4.78, 5) is 4.29. The monoisotopic (exact) mass is 235 g/mol. The Morgan fingerprint density at radius 3 is 2.62 bits per heavy atom. The van der Waals surface area contributed by atoms with E-state index in [2.05, 4.69) is 15.6 Å². The van der Waals surface area contributed by atoms with Crippen LogP contribution in [0.25, 0.3) is 5.32 Å². The zero-order valence-corrected chi connectivity index (χ0v) is 12.2. The van der Waals surface area contributed by atoms with E-state index in [1.54, 1.807) is 6.20 Å². The average molecular weight is 235 g/mol. The van der Waals surface area contributed by atoms with E-state index in [1.165, 1.54) is 0 Å². The Labute approximate surface area is 137 Å². The van der Waals surface area contributed by atoms with E-state index in [0.717, 1.165) is 17.1 Å². The van der Waals surface area contributed by atoms with Crippen LogP contribution in [0.5, 0.6) is 0 Å². The van der Waals surface area contributed by atoms with E-state index in [0.29, 0.717) is 0 Å². The third-order valence-corrected chi connectivity index (χ3v) is 2.43. The number of benzene rings is 1. The molecule has 3 rings (SSSR count). The number of nitrogens with zero attached hydrogens (tertiary/aromatic N) is 2. The van der Waals surface area contributed by atoms with Gasteiger partial charge < -0.3 is 10.6 Å². The Balaban J connectivity index is 0.000000963. The standard InChI is InChI=1S/C12H10N3.K/c1-2-6-10-9(5-1)14-12(15-10)11-7-3-4-8-13-11;/h1-8,12,14H;/q-1;+1. The van der Waals surface area contributed by atoms with Crippen molar-refractivity contribution in [2.75, 3.05) is 5.32 Å². The number of hydrogen-bond acceptors (Lipinski definition) is 2. The van der Waals surface area contributed by atoms with Crippen molar-refractivity contribution in [3.63, 3.8) is 0 Å². The van der Waals surface area contributed by atoms with Crippen LogP contribution in [-0.2, 0) is 0 Å². The molecule has 3 nitrogen and oxygen atoms in total. The smallest absolute Gasteiger partial charge is 0.659 e. The summed E-state index contributed by atoms with van der Waals surface area (Å²) in [5.74, 6) is 0.